The summed E-state index contributed by atoms with van der Waals surface area (Å²) < 4.78 is 10.7. The van der Waals surface area contributed by atoms with Gasteiger partial charge >= 0.3 is 5.91 Å². The molecule has 1 heterocycles. The van der Waals surface area contributed by atoms with Crippen LogP contribution in [-0.4, -0.2) is 36.1 Å². The number of rotatable bonds is 8. The Morgan fingerprint density at radius 1 is 1.03 bits per heavy atom. The Morgan fingerprint density at radius 2 is 1.81 bits per heavy atom. The Bertz CT molecular complexity index is 1510. The maximum absolute atomic E-state index is 13.2. The van der Waals surface area contributed by atoms with Crippen molar-refractivity contribution in [2.24, 2.45) is 10.2 Å². The van der Waals surface area contributed by atoms with Crippen LogP contribution in [0.4, 0.5) is 5.69 Å². The van der Waals surface area contributed by atoms with E-state index in [1.54, 1.807) is 54.6 Å². The molecule has 3 aromatic carbocycles. The monoisotopic (exact) mass is 498 g/mol. The first kappa shape index (κ1) is 25.2. The number of para-hydroxylation sites is 1. The van der Waals surface area contributed by atoms with Crippen LogP contribution in [0.3, 0.4) is 0 Å². The third-order valence-electron chi connectivity index (χ3n) is 5.75. The van der Waals surface area contributed by atoms with Crippen LogP contribution in [0.5, 0.6) is 17.4 Å². The lowest BCUT2D eigenvalue weighted by molar-refractivity contribution is -0.115. The van der Waals surface area contributed by atoms with Crippen LogP contribution in [0.2, 0.25) is 0 Å². The molecule has 188 valence electrons. The molecule has 4 aromatic rings. The topological polar surface area (TPSA) is 125 Å². The molecule has 0 aliphatic heterocycles. The predicted molar refractivity (Wildman–Crippen MR) is 140 cm³/mol. The minimum atomic E-state index is -0.824. The number of nitrogens with zero attached hydrogens (tertiary/aromatic N) is 2. The first-order valence-electron chi connectivity index (χ1n) is 11.5. The predicted octanol–water partition coefficient (Wildman–Crippen LogP) is 5.53. The third-order valence-corrected chi connectivity index (χ3v) is 5.75. The molecule has 37 heavy (non-hydrogen) atoms. The Labute approximate surface area is 213 Å². The van der Waals surface area contributed by atoms with E-state index in [4.69, 9.17) is 9.47 Å². The smallest absolute Gasteiger partial charge is 0.311 e. The van der Waals surface area contributed by atoms with Crippen molar-refractivity contribution < 1.29 is 24.2 Å². The number of aromatic hydroxyl groups is 1. The van der Waals surface area contributed by atoms with Crippen LogP contribution in [0.15, 0.2) is 82.7 Å². The van der Waals surface area contributed by atoms with Crippen LogP contribution in [0.25, 0.3) is 17.0 Å². The van der Waals surface area contributed by atoms with E-state index < -0.39 is 11.8 Å². The number of aryl methyl sites for hydroxylation is 1. The second-order valence-corrected chi connectivity index (χ2v) is 8.01. The first-order valence-corrected chi connectivity index (χ1v) is 11.5. The molecule has 0 atom stereocenters. The van der Waals surface area contributed by atoms with Crippen molar-refractivity contribution in [3.63, 3.8) is 0 Å². The summed E-state index contributed by atoms with van der Waals surface area (Å²) >= 11 is 0. The average Bonchev–Trinajstić information content (AvgIpc) is 3.26. The number of azo groups is 1. The van der Waals surface area contributed by atoms with E-state index in [2.05, 4.69) is 20.5 Å². The fraction of sp³-hybridized carbons (Fsp3) is 0.143. The van der Waals surface area contributed by atoms with Gasteiger partial charge in [-0.3, -0.25) is 9.59 Å². The summed E-state index contributed by atoms with van der Waals surface area (Å²) in [5.41, 5.74) is 2.54. The molecule has 0 spiro atoms. The number of benzene rings is 3. The van der Waals surface area contributed by atoms with Crippen molar-refractivity contribution in [1.82, 2.24) is 10.3 Å². The molecule has 2 amide bonds. The lowest BCUT2D eigenvalue weighted by Crippen LogP contribution is -2.26. The average molecular weight is 499 g/mol. The van der Waals surface area contributed by atoms with Gasteiger partial charge in [-0.2, -0.15) is 0 Å². The summed E-state index contributed by atoms with van der Waals surface area (Å²) in [6.45, 7) is 2.00. The van der Waals surface area contributed by atoms with E-state index in [1.807, 2.05) is 19.1 Å². The highest BCUT2D eigenvalue weighted by Crippen LogP contribution is 2.37. The Hall–Kier alpha value is -4.92. The molecule has 0 aliphatic carbocycles. The van der Waals surface area contributed by atoms with Crippen LogP contribution in [0.1, 0.15) is 28.4 Å². The number of carbonyl (C=O) groups excluding carboxylic acids is 2. The highest BCUT2D eigenvalue weighted by Gasteiger charge is 2.18. The van der Waals surface area contributed by atoms with Gasteiger partial charge in [-0.25, -0.2) is 0 Å². The fourth-order valence-corrected chi connectivity index (χ4v) is 3.84. The lowest BCUT2D eigenvalue weighted by atomic mass is 10.1. The molecule has 0 saturated carbocycles. The van der Waals surface area contributed by atoms with Crippen molar-refractivity contribution in [3.8, 4) is 17.4 Å². The number of amides is 2. The minimum absolute atomic E-state index is 0.131. The molecular formula is C28H26N4O5. The van der Waals surface area contributed by atoms with Gasteiger partial charge in [0.2, 0.25) is 5.88 Å². The van der Waals surface area contributed by atoms with Crippen molar-refractivity contribution in [1.29, 1.82) is 0 Å². The molecule has 1 aromatic heterocycles. The van der Waals surface area contributed by atoms with Crippen LogP contribution < -0.4 is 14.8 Å². The maximum atomic E-state index is 13.2. The van der Waals surface area contributed by atoms with Crippen molar-refractivity contribution in [3.05, 3.63) is 89.1 Å². The number of aromatic amines is 1. The standard InChI is InChI=1S/C28H26N4O5/c1-4-17-11-8-12-21-24(17)30-28(35)25(21)31-32-27(34)22(29-26(33)18-9-6-5-7-10-18)16-19-15-20(36-2)13-14-23(19)37-3/h5-16,30,35H,4H2,1-3H3,(H,29,33). The zero-order valence-corrected chi connectivity index (χ0v) is 20.6. The van der Waals surface area contributed by atoms with Gasteiger partial charge in [0.25, 0.3) is 5.91 Å². The lowest BCUT2D eigenvalue weighted by Gasteiger charge is -2.10. The zero-order chi connectivity index (χ0) is 26.4. The second-order valence-electron chi connectivity index (χ2n) is 8.01. The number of hydrogen-bond donors (Lipinski definition) is 3. The molecule has 0 saturated heterocycles. The molecular weight excluding hydrogens is 472 g/mol. The summed E-state index contributed by atoms with van der Waals surface area (Å²) in [5, 5.41) is 21.5. The van der Waals surface area contributed by atoms with Gasteiger partial charge in [0.1, 0.15) is 17.2 Å². The minimum Gasteiger partial charge on any atom is -0.497 e. The quantitative estimate of drug-likeness (QED) is 0.217. The molecule has 9 nitrogen and oxygen atoms in total. The summed E-state index contributed by atoms with van der Waals surface area (Å²) in [4.78, 5) is 29.0. The van der Waals surface area contributed by atoms with Gasteiger partial charge < -0.3 is 24.9 Å². The van der Waals surface area contributed by atoms with E-state index in [0.717, 1.165) is 17.5 Å². The molecule has 4 rings (SSSR count). The molecule has 0 fully saturated rings. The zero-order valence-electron chi connectivity index (χ0n) is 20.6. The summed E-state index contributed by atoms with van der Waals surface area (Å²) in [7, 11) is 3.01. The van der Waals surface area contributed by atoms with E-state index in [1.165, 1.54) is 20.3 Å². The van der Waals surface area contributed by atoms with Gasteiger partial charge in [-0.05, 0) is 48.4 Å². The van der Waals surface area contributed by atoms with Gasteiger partial charge in [0.15, 0.2) is 5.69 Å². The van der Waals surface area contributed by atoms with Crippen LogP contribution in [-0.2, 0) is 11.2 Å². The Kier molecular flexibility index (Phi) is 7.63. The number of fused-ring (bicyclic) bond motifs is 1. The molecule has 9 heteroatoms. The number of hydrogen-bond acceptors (Lipinski definition) is 6. The van der Waals surface area contributed by atoms with Crippen LogP contribution >= 0.6 is 0 Å². The summed E-state index contributed by atoms with van der Waals surface area (Å²) in [6, 6.07) is 19.1. The van der Waals surface area contributed by atoms with Crippen molar-refractivity contribution in [2.45, 2.75) is 13.3 Å². The Morgan fingerprint density at radius 3 is 2.51 bits per heavy atom. The molecule has 0 radical (unpaired) electrons. The molecule has 0 unspecified atom stereocenters. The number of H-pyrrole nitrogens is 1. The van der Waals surface area contributed by atoms with Gasteiger partial charge in [0.05, 0.1) is 19.7 Å². The highest BCUT2D eigenvalue weighted by molar-refractivity contribution is 6.06. The van der Waals surface area contributed by atoms with E-state index in [0.29, 0.717) is 28.0 Å². The highest BCUT2D eigenvalue weighted by atomic mass is 16.5. The number of ether oxygens (including phenoxy) is 2. The Balaban J connectivity index is 1.74. The number of nitrogens with one attached hydrogen (secondary N) is 2. The molecule has 0 aliphatic rings. The number of aromatic nitrogens is 1. The largest absolute Gasteiger partial charge is 0.497 e. The van der Waals surface area contributed by atoms with E-state index in [9.17, 15) is 14.7 Å². The molecule has 3 N–H and O–H groups in total. The first-order chi connectivity index (χ1) is 17.9. The molecule has 0 bridgehead atoms. The van der Waals surface area contributed by atoms with Crippen LogP contribution in [0, 0.1) is 0 Å². The van der Waals surface area contributed by atoms with Gasteiger partial charge in [-0.1, -0.05) is 43.3 Å². The van der Waals surface area contributed by atoms with E-state index in [-0.39, 0.29) is 17.3 Å². The third kappa shape index (κ3) is 5.51. The van der Waals surface area contributed by atoms with Crippen molar-refractivity contribution >= 4 is 34.5 Å². The fourth-order valence-electron chi connectivity index (χ4n) is 3.84. The number of methoxy groups -OCH3 is 2. The SMILES string of the molecule is CCc1cccc2c(N=NC(=O)C(=Cc3cc(OC)ccc3OC)NC(=O)c3ccccc3)c(O)[nH]c12. The normalized spacial score (nSPS) is 11.6. The van der Waals surface area contributed by atoms with Crippen molar-refractivity contribution in [2.75, 3.05) is 14.2 Å². The number of carbonyl (C=O) groups is 2. The maximum Gasteiger partial charge on any atom is 0.311 e. The second kappa shape index (κ2) is 11.2. The van der Waals surface area contributed by atoms with Gasteiger partial charge in [-0.15, -0.1) is 10.2 Å². The van der Waals surface area contributed by atoms with E-state index >= 15 is 0 Å². The van der Waals surface area contributed by atoms with Gasteiger partial charge in [0, 0.05) is 16.5 Å². The summed E-state index contributed by atoms with van der Waals surface area (Å²) in [6.07, 6.45) is 2.18. The summed E-state index contributed by atoms with van der Waals surface area (Å²) in [5.74, 6) is -0.543.